The van der Waals surface area contributed by atoms with E-state index in [-0.39, 0.29) is 11.5 Å². The summed E-state index contributed by atoms with van der Waals surface area (Å²) in [5.41, 5.74) is 3.06. The van der Waals surface area contributed by atoms with Gasteiger partial charge in [0.05, 0.1) is 5.56 Å². The standard InChI is InChI=1S/C17H17NO4/c1-10-7-11(2)22-15(10)16(19)18-6-5-12-3-4-13(17(20)21)8-14(12)9-18/h3-4,7-8H,5-6,9H2,1-2H3,(H,20,21). The largest absolute Gasteiger partial charge is 0.478 e. The van der Waals surface area contributed by atoms with Gasteiger partial charge in [0.15, 0.2) is 5.76 Å². The van der Waals surface area contributed by atoms with E-state index in [1.54, 1.807) is 17.0 Å². The van der Waals surface area contributed by atoms with E-state index < -0.39 is 5.97 Å². The Labute approximate surface area is 128 Å². The number of carboxylic acids is 1. The highest BCUT2D eigenvalue weighted by Gasteiger charge is 2.25. The molecule has 5 nitrogen and oxygen atoms in total. The Morgan fingerprint density at radius 2 is 1.95 bits per heavy atom. The Bertz CT molecular complexity index is 760. The highest BCUT2D eigenvalue weighted by molar-refractivity contribution is 5.93. The molecule has 0 fully saturated rings. The van der Waals surface area contributed by atoms with Crippen molar-refractivity contribution in [3.8, 4) is 0 Å². The van der Waals surface area contributed by atoms with Gasteiger partial charge in [-0.05, 0) is 49.6 Å². The molecule has 0 radical (unpaired) electrons. The second kappa shape index (κ2) is 5.33. The van der Waals surface area contributed by atoms with Crippen molar-refractivity contribution in [2.75, 3.05) is 6.54 Å². The van der Waals surface area contributed by atoms with Gasteiger partial charge in [0, 0.05) is 18.7 Å². The van der Waals surface area contributed by atoms with Crippen LogP contribution < -0.4 is 0 Å². The Balaban J connectivity index is 1.87. The Morgan fingerprint density at radius 1 is 1.18 bits per heavy atom. The zero-order valence-electron chi connectivity index (χ0n) is 12.5. The van der Waals surface area contributed by atoms with Gasteiger partial charge in [0.25, 0.3) is 5.91 Å². The third-order valence-electron chi connectivity index (χ3n) is 3.99. The molecular formula is C17H17NO4. The number of carbonyl (C=O) groups is 2. The lowest BCUT2D eigenvalue weighted by molar-refractivity contribution is 0.0696. The Hall–Kier alpha value is -2.56. The van der Waals surface area contributed by atoms with Crippen molar-refractivity contribution in [3.63, 3.8) is 0 Å². The minimum Gasteiger partial charge on any atom is -0.478 e. The maximum absolute atomic E-state index is 12.6. The monoisotopic (exact) mass is 299 g/mol. The summed E-state index contributed by atoms with van der Waals surface area (Å²) in [5.74, 6) is -0.0116. The van der Waals surface area contributed by atoms with Crippen LogP contribution in [0.25, 0.3) is 0 Å². The number of nitrogens with zero attached hydrogens (tertiary/aromatic N) is 1. The molecular weight excluding hydrogens is 282 g/mol. The smallest absolute Gasteiger partial charge is 0.335 e. The molecule has 22 heavy (non-hydrogen) atoms. The predicted octanol–water partition coefficient (Wildman–Crippen LogP) is 2.79. The van der Waals surface area contributed by atoms with Gasteiger partial charge in [0.1, 0.15) is 5.76 Å². The van der Waals surface area contributed by atoms with Crippen molar-refractivity contribution in [1.29, 1.82) is 0 Å². The lowest BCUT2D eigenvalue weighted by Gasteiger charge is -2.28. The highest BCUT2D eigenvalue weighted by Crippen LogP contribution is 2.24. The summed E-state index contributed by atoms with van der Waals surface area (Å²) in [6.07, 6.45) is 0.722. The molecule has 0 spiro atoms. The summed E-state index contributed by atoms with van der Waals surface area (Å²) in [7, 11) is 0. The number of carbonyl (C=O) groups excluding carboxylic acids is 1. The summed E-state index contributed by atoms with van der Waals surface area (Å²) in [6, 6.07) is 6.94. The van der Waals surface area contributed by atoms with Gasteiger partial charge in [-0.1, -0.05) is 6.07 Å². The van der Waals surface area contributed by atoms with Crippen molar-refractivity contribution in [2.45, 2.75) is 26.8 Å². The minimum atomic E-state index is -0.955. The lowest BCUT2D eigenvalue weighted by atomic mass is 9.97. The zero-order valence-corrected chi connectivity index (χ0v) is 12.5. The molecule has 1 aromatic heterocycles. The van der Waals surface area contributed by atoms with Crippen LogP contribution in [0.15, 0.2) is 28.7 Å². The number of hydrogen-bond donors (Lipinski definition) is 1. The van der Waals surface area contributed by atoms with Gasteiger partial charge in [-0.3, -0.25) is 4.79 Å². The van der Waals surface area contributed by atoms with Crippen molar-refractivity contribution in [2.24, 2.45) is 0 Å². The van der Waals surface area contributed by atoms with Gasteiger partial charge in [-0.25, -0.2) is 4.79 Å². The molecule has 0 atom stereocenters. The summed E-state index contributed by atoms with van der Waals surface area (Å²) >= 11 is 0. The first-order chi connectivity index (χ1) is 10.5. The van der Waals surface area contributed by atoms with E-state index in [0.29, 0.717) is 24.6 Å². The fraction of sp³-hybridized carbons (Fsp3) is 0.294. The molecule has 0 bridgehead atoms. The van der Waals surface area contributed by atoms with Crippen molar-refractivity contribution in [1.82, 2.24) is 4.90 Å². The normalized spacial score (nSPS) is 13.8. The molecule has 1 aliphatic heterocycles. The number of aromatic carboxylic acids is 1. The second-order valence-corrected chi connectivity index (χ2v) is 5.63. The third-order valence-corrected chi connectivity index (χ3v) is 3.99. The second-order valence-electron chi connectivity index (χ2n) is 5.63. The fourth-order valence-corrected chi connectivity index (χ4v) is 2.86. The Morgan fingerprint density at radius 3 is 2.59 bits per heavy atom. The Kier molecular flexibility index (Phi) is 3.48. The molecule has 0 saturated heterocycles. The van der Waals surface area contributed by atoms with Crippen LogP contribution in [-0.2, 0) is 13.0 Å². The molecule has 114 valence electrons. The van der Waals surface area contributed by atoms with Crippen molar-refractivity contribution < 1.29 is 19.1 Å². The number of furan rings is 1. The number of benzene rings is 1. The van der Waals surface area contributed by atoms with Gasteiger partial charge in [0.2, 0.25) is 0 Å². The maximum atomic E-state index is 12.6. The van der Waals surface area contributed by atoms with Gasteiger partial charge >= 0.3 is 5.97 Å². The maximum Gasteiger partial charge on any atom is 0.335 e. The van der Waals surface area contributed by atoms with E-state index in [0.717, 1.165) is 23.1 Å². The fourth-order valence-electron chi connectivity index (χ4n) is 2.86. The first kappa shape index (κ1) is 14.4. The molecule has 5 heteroatoms. The van der Waals surface area contributed by atoms with Crippen molar-refractivity contribution >= 4 is 11.9 Å². The zero-order chi connectivity index (χ0) is 15.9. The van der Waals surface area contributed by atoms with Crippen molar-refractivity contribution in [3.05, 3.63) is 58.0 Å². The topological polar surface area (TPSA) is 70.8 Å². The lowest BCUT2D eigenvalue weighted by Crippen LogP contribution is -2.36. The average Bonchev–Trinajstić information content (AvgIpc) is 2.84. The van der Waals surface area contributed by atoms with Crippen LogP contribution in [0.1, 0.15) is 43.4 Å². The SMILES string of the molecule is Cc1cc(C)c(C(=O)N2CCc3ccc(C(=O)O)cc3C2)o1. The van der Waals surface area contributed by atoms with E-state index in [4.69, 9.17) is 9.52 Å². The molecule has 1 aromatic carbocycles. The summed E-state index contributed by atoms with van der Waals surface area (Å²) in [5, 5.41) is 9.08. The number of rotatable bonds is 2. The molecule has 1 aliphatic rings. The highest BCUT2D eigenvalue weighted by atomic mass is 16.4. The average molecular weight is 299 g/mol. The first-order valence-corrected chi connectivity index (χ1v) is 7.17. The van der Waals surface area contributed by atoms with E-state index >= 15 is 0 Å². The quantitative estimate of drug-likeness (QED) is 0.925. The van der Waals surface area contributed by atoms with E-state index in [1.807, 2.05) is 26.0 Å². The molecule has 1 N–H and O–H groups in total. The number of carboxylic acid groups (broad SMARTS) is 1. The number of fused-ring (bicyclic) bond motifs is 1. The number of aryl methyl sites for hydroxylation is 2. The van der Waals surface area contributed by atoms with Crippen LogP contribution in [0.5, 0.6) is 0 Å². The predicted molar refractivity (Wildman–Crippen MR) is 80.0 cm³/mol. The van der Waals surface area contributed by atoms with Crippen LogP contribution in [-0.4, -0.2) is 28.4 Å². The molecule has 2 aromatic rings. The summed E-state index contributed by atoms with van der Waals surface area (Å²) < 4.78 is 5.49. The summed E-state index contributed by atoms with van der Waals surface area (Å²) in [4.78, 5) is 25.4. The molecule has 2 heterocycles. The van der Waals surface area contributed by atoms with Crippen LogP contribution in [0.4, 0.5) is 0 Å². The molecule has 1 amide bonds. The minimum absolute atomic E-state index is 0.142. The third kappa shape index (κ3) is 2.50. The summed E-state index contributed by atoms with van der Waals surface area (Å²) in [6.45, 7) is 4.69. The van der Waals surface area contributed by atoms with Crippen LogP contribution in [0.2, 0.25) is 0 Å². The van der Waals surface area contributed by atoms with Crippen LogP contribution in [0, 0.1) is 13.8 Å². The van der Waals surface area contributed by atoms with Gasteiger partial charge in [-0.2, -0.15) is 0 Å². The molecule has 3 rings (SSSR count). The number of amides is 1. The van der Waals surface area contributed by atoms with E-state index in [1.165, 1.54) is 0 Å². The number of hydrogen-bond acceptors (Lipinski definition) is 3. The molecule has 0 saturated carbocycles. The first-order valence-electron chi connectivity index (χ1n) is 7.17. The van der Waals surface area contributed by atoms with Gasteiger partial charge < -0.3 is 14.4 Å². The van der Waals surface area contributed by atoms with Crippen LogP contribution >= 0.6 is 0 Å². The van der Waals surface area contributed by atoms with Crippen LogP contribution in [0.3, 0.4) is 0 Å². The van der Waals surface area contributed by atoms with E-state index in [2.05, 4.69) is 0 Å². The van der Waals surface area contributed by atoms with Gasteiger partial charge in [-0.15, -0.1) is 0 Å². The molecule has 0 unspecified atom stereocenters. The molecule has 0 aliphatic carbocycles. The van der Waals surface area contributed by atoms with E-state index in [9.17, 15) is 9.59 Å².